The van der Waals surface area contributed by atoms with Crippen LogP contribution in [0.2, 0.25) is 0 Å². The Bertz CT molecular complexity index is 678. The van der Waals surface area contributed by atoms with E-state index in [0.717, 1.165) is 0 Å². The van der Waals surface area contributed by atoms with Gasteiger partial charge in [-0.15, -0.1) is 0 Å². The minimum absolute atomic E-state index is 0.141. The molecule has 0 saturated heterocycles. The zero-order valence-electron chi connectivity index (χ0n) is 11.5. The van der Waals surface area contributed by atoms with Gasteiger partial charge < -0.3 is 20.3 Å². The Morgan fingerprint density at radius 3 is 2.82 bits per heavy atom. The summed E-state index contributed by atoms with van der Waals surface area (Å²) >= 11 is 0. The van der Waals surface area contributed by atoms with E-state index >= 15 is 0 Å². The van der Waals surface area contributed by atoms with Crippen LogP contribution in [0.15, 0.2) is 35.2 Å². The van der Waals surface area contributed by atoms with Gasteiger partial charge in [0.25, 0.3) is 11.8 Å². The van der Waals surface area contributed by atoms with Gasteiger partial charge in [-0.1, -0.05) is 5.16 Å². The molecule has 0 spiro atoms. The smallest absolute Gasteiger partial charge is 0.405 e. The van der Waals surface area contributed by atoms with Crippen LogP contribution >= 0.6 is 0 Å². The van der Waals surface area contributed by atoms with E-state index in [2.05, 4.69) is 25.2 Å². The van der Waals surface area contributed by atoms with Crippen molar-refractivity contribution >= 4 is 23.7 Å². The minimum atomic E-state index is -1.11. The highest BCUT2D eigenvalue weighted by Gasteiger charge is 2.19. The summed E-state index contributed by atoms with van der Waals surface area (Å²) in [6.45, 7) is 1.35. The van der Waals surface area contributed by atoms with E-state index in [9.17, 15) is 14.4 Å². The van der Waals surface area contributed by atoms with E-state index in [1.165, 1.54) is 36.2 Å². The predicted octanol–water partition coefficient (Wildman–Crippen LogP) is 0.282. The van der Waals surface area contributed by atoms with Crippen LogP contribution in [0.4, 0.5) is 10.6 Å². The molecule has 116 valence electrons. The first-order valence-corrected chi connectivity index (χ1v) is 6.13. The second-order valence-corrected chi connectivity index (χ2v) is 4.16. The third kappa shape index (κ3) is 3.62. The molecule has 0 saturated carbocycles. The molecular weight excluding hydrogens is 294 g/mol. The standard InChI is InChI=1S/C12H13N5O5/c1-7(22-12(13)20)10(18)15-17-5-2-3-8(17)11(19)14-9-4-6-21-16-9/h2-7H,1H3,(H2,13,20)(H,15,18)(H,14,16,19). The van der Waals surface area contributed by atoms with Crippen molar-refractivity contribution in [3.05, 3.63) is 36.4 Å². The first-order valence-electron chi connectivity index (χ1n) is 6.13. The molecule has 0 aliphatic rings. The topological polar surface area (TPSA) is 141 Å². The van der Waals surface area contributed by atoms with Crippen molar-refractivity contribution in [3.8, 4) is 0 Å². The third-order valence-electron chi connectivity index (χ3n) is 2.55. The molecule has 0 aromatic carbocycles. The zero-order chi connectivity index (χ0) is 16.1. The number of rotatable bonds is 5. The molecule has 2 rings (SSSR count). The lowest BCUT2D eigenvalue weighted by Gasteiger charge is -2.14. The highest BCUT2D eigenvalue weighted by Crippen LogP contribution is 2.07. The molecule has 0 bridgehead atoms. The fraction of sp³-hybridized carbons (Fsp3) is 0.167. The minimum Gasteiger partial charge on any atom is -0.437 e. The summed E-state index contributed by atoms with van der Waals surface area (Å²) in [7, 11) is 0. The van der Waals surface area contributed by atoms with Crippen LogP contribution in [0.1, 0.15) is 17.4 Å². The molecule has 0 radical (unpaired) electrons. The van der Waals surface area contributed by atoms with Crippen LogP contribution < -0.4 is 16.5 Å². The van der Waals surface area contributed by atoms with Gasteiger partial charge in [0.1, 0.15) is 12.0 Å². The molecule has 2 heterocycles. The first-order chi connectivity index (χ1) is 10.5. The Morgan fingerprint density at radius 1 is 1.41 bits per heavy atom. The number of nitrogens with zero attached hydrogens (tertiary/aromatic N) is 2. The van der Waals surface area contributed by atoms with Crippen molar-refractivity contribution < 1.29 is 23.6 Å². The predicted molar refractivity (Wildman–Crippen MR) is 73.4 cm³/mol. The lowest BCUT2D eigenvalue weighted by molar-refractivity contribution is -0.124. The molecule has 1 unspecified atom stereocenters. The molecule has 10 heteroatoms. The average molecular weight is 307 g/mol. The van der Waals surface area contributed by atoms with Gasteiger partial charge >= 0.3 is 6.09 Å². The maximum absolute atomic E-state index is 12.1. The van der Waals surface area contributed by atoms with E-state index in [1.807, 2.05) is 0 Å². The van der Waals surface area contributed by atoms with Crippen LogP contribution in [0.25, 0.3) is 0 Å². The quantitative estimate of drug-likeness (QED) is 0.724. The summed E-state index contributed by atoms with van der Waals surface area (Å²) in [5, 5.41) is 6.02. The number of nitrogens with one attached hydrogen (secondary N) is 2. The maximum atomic E-state index is 12.1. The van der Waals surface area contributed by atoms with Gasteiger partial charge in [-0.3, -0.25) is 19.7 Å². The summed E-state index contributed by atoms with van der Waals surface area (Å²) in [5.41, 5.74) is 7.37. The number of hydrogen-bond donors (Lipinski definition) is 3. The van der Waals surface area contributed by atoms with Crippen molar-refractivity contribution in [2.45, 2.75) is 13.0 Å². The molecule has 0 fully saturated rings. The fourth-order valence-electron chi connectivity index (χ4n) is 1.56. The monoisotopic (exact) mass is 307 g/mol. The van der Waals surface area contributed by atoms with Gasteiger partial charge in [0.2, 0.25) is 0 Å². The second-order valence-electron chi connectivity index (χ2n) is 4.16. The number of carbonyl (C=O) groups is 3. The SMILES string of the molecule is CC(OC(N)=O)C(=O)Nn1cccc1C(=O)Nc1ccon1. The Labute approximate surface area is 124 Å². The van der Waals surface area contributed by atoms with Crippen molar-refractivity contribution in [2.24, 2.45) is 5.73 Å². The normalized spacial score (nSPS) is 11.5. The summed E-state index contributed by atoms with van der Waals surface area (Å²) in [5.74, 6) is -0.928. The number of aromatic nitrogens is 2. The third-order valence-corrected chi connectivity index (χ3v) is 2.55. The lowest BCUT2D eigenvalue weighted by Crippen LogP contribution is -2.37. The van der Waals surface area contributed by atoms with Crippen LogP contribution in [0.5, 0.6) is 0 Å². The van der Waals surface area contributed by atoms with Gasteiger partial charge in [0.15, 0.2) is 11.9 Å². The number of amides is 3. The summed E-state index contributed by atoms with van der Waals surface area (Å²) in [4.78, 5) is 34.5. The molecule has 10 nitrogen and oxygen atoms in total. The number of nitrogens with two attached hydrogens (primary N) is 1. The van der Waals surface area contributed by atoms with E-state index in [-0.39, 0.29) is 11.5 Å². The molecular formula is C12H13N5O5. The molecule has 4 N–H and O–H groups in total. The van der Waals surface area contributed by atoms with Gasteiger partial charge in [-0.25, -0.2) is 4.79 Å². The van der Waals surface area contributed by atoms with Crippen molar-refractivity contribution in [1.82, 2.24) is 9.83 Å². The van der Waals surface area contributed by atoms with Gasteiger partial charge in [0, 0.05) is 12.3 Å². The van der Waals surface area contributed by atoms with Crippen LogP contribution in [0.3, 0.4) is 0 Å². The van der Waals surface area contributed by atoms with Crippen LogP contribution in [-0.4, -0.2) is 33.8 Å². The molecule has 0 aliphatic heterocycles. The summed E-state index contributed by atoms with van der Waals surface area (Å²) < 4.78 is 10.3. The number of carbonyl (C=O) groups excluding carboxylic acids is 3. The molecule has 1 atom stereocenters. The number of hydrogen-bond acceptors (Lipinski definition) is 6. The van der Waals surface area contributed by atoms with E-state index in [1.54, 1.807) is 6.07 Å². The Balaban J connectivity index is 2.04. The molecule has 0 aliphatic carbocycles. The Hall–Kier alpha value is -3.30. The summed E-state index contributed by atoms with van der Waals surface area (Å²) in [6.07, 6.45) is 0.580. The van der Waals surface area contributed by atoms with Crippen molar-refractivity contribution in [3.63, 3.8) is 0 Å². The Kier molecular flexibility index (Phi) is 4.41. The largest absolute Gasteiger partial charge is 0.437 e. The van der Waals surface area contributed by atoms with Gasteiger partial charge in [-0.05, 0) is 19.1 Å². The molecule has 3 amide bonds. The van der Waals surface area contributed by atoms with Crippen LogP contribution in [0, 0.1) is 0 Å². The highest BCUT2D eigenvalue weighted by atomic mass is 16.6. The number of primary amides is 1. The molecule has 2 aromatic heterocycles. The molecule has 2 aromatic rings. The average Bonchev–Trinajstić information content (AvgIpc) is 3.09. The number of ether oxygens (including phenoxy) is 1. The second kappa shape index (κ2) is 6.43. The van der Waals surface area contributed by atoms with E-state index in [0.29, 0.717) is 0 Å². The number of anilines is 1. The van der Waals surface area contributed by atoms with Crippen LogP contribution in [-0.2, 0) is 9.53 Å². The lowest BCUT2D eigenvalue weighted by atomic mass is 10.4. The maximum Gasteiger partial charge on any atom is 0.405 e. The van der Waals surface area contributed by atoms with Crippen molar-refractivity contribution in [1.29, 1.82) is 0 Å². The van der Waals surface area contributed by atoms with Crippen molar-refractivity contribution in [2.75, 3.05) is 10.7 Å². The zero-order valence-corrected chi connectivity index (χ0v) is 11.5. The van der Waals surface area contributed by atoms with Gasteiger partial charge in [-0.2, -0.15) is 0 Å². The first kappa shape index (κ1) is 15.1. The highest BCUT2D eigenvalue weighted by molar-refractivity contribution is 6.03. The Morgan fingerprint density at radius 2 is 2.18 bits per heavy atom. The molecule has 22 heavy (non-hydrogen) atoms. The fourth-order valence-corrected chi connectivity index (χ4v) is 1.56. The van der Waals surface area contributed by atoms with E-state index < -0.39 is 24.0 Å². The van der Waals surface area contributed by atoms with Gasteiger partial charge in [0.05, 0.1) is 0 Å². The van der Waals surface area contributed by atoms with E-state index in [4.69, 9.17) is 5.73 Å². The summed E-state index contributed by atoms with van der Waals surface area (Å²) in [6, 6.07) is 4.50.